The van der Waals surface area contributed by atoms with Crippen LogP contribution in [0.1, 0.15) is 124 Å². The summed E-state index contributed by atoms with van der Waals surface area (Å²) in [6, 6.07) is 21.6. The number of carbonyl (C=O) groups is 1. The van der Waals surface area contributed by atoms with Gasteiger partial charge in [-0.25, -0.2) is 0 Å². The zero-order valence-corrected chi connectivity index (χ0v) is 36.8. The van der Waals surface area contributed by atoms with E-state index in [9.17, 15) is 9.90 Å². The molecule has 1 aliphatic carbocycles. The van der Waals surface area contributed by atoms with Crippen LogP contribution in [0.4, 0.5) is 0 Å². The average molecular weight is 881 g/mol. The Morgan fingerprint density at radius 2 is 1.44 bits per heavy atom. The third-order valence-electron chi connectivity index (χ3n) is 11.0. The van der Waals surface area contributed by atoms with Gasteiger partial charge < -0.3 is 5.11 Å². The van der Waals surface area contributed by atoms with Crippen LogP contribution in [0.25, 0.3) is 32.9 Å². The van der Waals surface area contributed by atoms with Crippen LogP contribution in [-0.2, 0) is 36.7 Å². The van der Waals surface area contributed by atoms with Crippen LogP contribution in [0.3, 0.4) is 0 Å². The molecule has 0 aliphatic heterocycles. The van der Waals surface area contributed by atoms with E-state index in [0.29, 0.717) is 23.7 Å². The SMILES string of the molecule is CC(C)C(C(=O)/C=C(\O)C(C(C)C)C(C)C)C(C)C.Cc1cc(C)c2c(CC3CCCC3)cc(-c3[c-]c4ccccc4c(C(C)(C)C)c3)nc2c1.[Ir]. The summed E-state index contributed by atoms with van der Waals surface area (Å²) in [6.07, 6.45) is 8.13. The molecule has 285 valence electrons. The first-order valence-electron chi connectivity index (χ1n) is 19.7. The van der Waals surface area contributed by atoms with Crippen LogP contribution < -0.4 is 0 Å². The van der Waals surface area contributed by atoms with Crippen molar-refractivity contribution in [2.24, 2.45) is 41.4 Å². The number of aliphatic hydroxyl groups is 1. The number of rotatable bonds is 10. The number of nitrogens with zero attached hydrogens (tertiary/aromatic N) is 1. The minimum atomic E-state index is -0.0119. The van der Waals surface area contributed by atoms with Crippen molar-refractivity contribution in [3.05, 3.63) is 88.7 Å². The number of ketones is 1. The molecule has 5 rings (SSSR count). The molecule has 0 atom stereocenters. The molecule has 1 radical (unpaired) electrons. The maximum Gasteiger partial charge on any atom is 0.162 e. The molecule has 4 aromatic rings. The first-order valence-corrected chi connectivity index (χ1v) is 19.7. The Balaban J connectivity index is 0.000000317. The van der Waals surface area contributed by atoms with Crippen molar-refractivity contribution < 1.29 is 30.0 Å². The Hall–Kier alpha value is -2.81. The van der Waals surface area contributed by atoms with Crippen molar-refractivity contribution in [2.75, 3.05) is 0 Å². The van der Waals surface area contributed by atoms with E-state index in [4.69, 9.17) is 4.98 Å². The van der Waals surface area contributed by atoms with Gasteiger partial charge in [-0.15, -0.1) is 29.1 Å². The predicted molar refractivity (Wildman–Crippen MR) is 219 cm³/mol. The fraction of sp³-hybridized carbons (Fsp3) is 0.542. The fourth-order valence-electron chi connectivity index (χ4n) is 8.88. The number of hydrogen-bond donors (Lipinski definition) is 1. The van der Waals surface area contributed by atoms with E-state index >= 15 is 0 Å². The standard InChI is InChI=1S/C31H34N.C17H32O2.Ir/c1-20-14-21(2)30-25(16-22-10-6-7-11-22)19-28(32-29(30)15-20)24-17-23-12-8-9-13-26(23)27(18-24)31(3,4)5;1-10(2)16(11(3)4)14(18)9-15(19)17(12(5)6)13(7)8;/h8-9,12-15,18-19,22H,6-7,10-11,16H2,1-5H3;9-13,16-18H,1-8H3;/q-1;;/b;14-9-;. The van der Waals surface area contributed by atoms with Crippen molar-refractivity contribution in [1.82, 2.24) is 4.98 Å². The van der Waals surface area contributed by atoms with Gasteiger partial charge in [0, 0.05) is 49.1 Å². The van der Waals surface area contributed by atoms with Gasteiger partial charge in [-0.3, -0.25) is 9.78 Å². The summed E-state index contributed by atoms with van der Waals surface area (Å²) in [7, 11) is 0. The van der Waals surface area contributed by atoms with Gasteiger partial charge in [0.1, 0.15) is 0 Å². The Morgan fingerprint density at radius 3 is 2.00 bits per heavy atom. The molecule has 3 nitrogen and oxygen atoms in total. The Bertz CT molecular complexity index is 1820. The number of hydrogen-bond acceptors (Lipinski definition) is 3. The quantitative estimate of drug-likeness (QED) is 0.0981. The van der Waals surface area contributed by atoms with Gasteiger partial charge in [-0.1, -0.05) is 143 Å². The summed E-state index contributed by atoms with van der Waals surface area (Å²) in [5.41, 5.74) is 8.82. The number of carbonyl (C=O) groups excluding carboxylic acids is 1. The molecular weight excluding hydrogens is 815 g/mol. The third kappa shape index (κ3) is 10.7. The Morgan fingerprint density at radius 1 is 0.865 bits per heavy atom. The van der Waals surface area contributed by atoms with E-state index in [2.05, 4.69) is 145 Å². The van der Waals surface area contributed by atoms with E-state index in [1.807, 2.05) is 0 Å². The molecule has 1 aliphatic rings. The zero-order chi connectivity index (χ0) is 37.8. The van der Waals surface area contributed by atoms with Crippen LogP contribution in [0.5, 0.6) is 0 Å². The maximum absolute atomic E-state index is 12.3. The monoisotopic (exact) mass is 881 g/mol. The van der Waals surface area contributed by atoms with Crippen LogP contribution in [-0.4, -0.2) is 15.9 Å². The molecule has 52 heavy (non-hydrogen) atoms. The van der Waals surface area contributed by atoms with Crippen molar-refractivity contribution in [3.63, 3.8) is 0 Å². The second kappa shape index (κ2) is 18.5. The van der Waals surface area contributed by atoms with Crippen LogP contribution >= 0.6 is 0 Å². The van der Waals surface area contributed by atoms with Gasteiger partial charge >= 0.3 is 0 Å². The summed E-state index contributed by atoms with van der Waals surface area (Å²) < 4.78 is 0. The zero-order valence-electron chi connectivity index (χ0n) is 34.4. The van der Waals surface area contributed by atoms with E-state index in [-0.39, 0.29) is 48.9 Å². The van der Waals surface area contributed by atoms with Gasteiger partial charge in [0.2, 0.25) is 0 Å². The van der Waals surface area contributed by atoms with Gasteiger partial charge in [-0.2, -0.15) is 0 Å². The predicted octanol–water partition coefficient (Wildman–Crippen LogP) is 13.4. The summed E-state index contributed by atoms with van der Waals surface area (Å²) in [5.74, 6) is 2.43. The molecule has 1 N–H and O–H groups in total. The molecule has 4 heteroatoms. The fourth-order valence-corrected chi connectivity index (χ4v) is 8.88. The van der Waals surface area contributed by atoms with Crippen molar-refractivity contribution in [2.45, 2.75) is 128 Å². The number of allylic oxidation sites excluding steroid dienone is 2. The van der Waals surface area contributed by atoms with Crippen molar-refractivity contribution >= 4 is 27.5 Å². The van der Waals surface area contributed by atoms with E-state index in [0.717, 1.165) is 29.1 Å². The molecule has 1 saturated carbocycles. The topological polar surface area (TPSA) is 50.2 Å². The number of pyridine rings is 1. The van der Waals surface area contributed by atoms with Crippen LogP contribution in [0, 0.1) is 61.3 Å². The van der Waals surface area contributed by atoms with Crippen LogP contribution in [0.15, 0.2) is 60.4 Å². The van der Waals surface area contributed by atoms with Crippen molar-refractivity contribution in [1.29, 1.82) is 0 Å². The molecule has 1 aromatic heterocycles. The second-order valence-electron chi connectivity index (χ2n) is 17.9. The van der Waals surface area contributed by atoms with Crippen LogP contribution in [0.2, 0.25) is 0 Å². The largest absolute Gasteiger partial charge is 0.512 e. The summed E-state index contributed by atoms with van der Waals surface area (Å²) in [6.45, 7) is 27.9. The number of benzene rings is 3. The summed E-state index contributed by atoms with van der Waals surface area (Å²) >= 11 is 0. The first kappa shape index (κ1) is 43.6. The molecule has 0 amide bonds. The van der Waals surface area contributed by atoms with E-state index in [1.165, 1.54) is 70.2 Å². The summed E-state index contributed by atoms with van der Waals surface area (Å²) in [5, 5.41) is 14.1. The van der Waals surface area contributed by atoms with E-state index < -0.39 is 0 Å². The molecule has 0 bridgehead atoms. The van der Waals surface area contributed by atoms with Gasteiger partial charge in [0.05, 0.1) is 11.3 Å². The smallest absolute Gasteiger partial charge is 0.162 e. The average Bonchev–Trinajstić information content (AvgIpc) is 3.52. The number of fused-ring (bicyclic) bond motifs is 2. The van der Waals surface area contributed by atoms with Gasteiger partial charge in [0.25, 0.3) is 0 Å². The minimum absolute atomic E-state index is 0. The summed E-state index contributed by atoms with van der Waals surface area (Å²) in [4.78, 5) is 17.6. The molecule has 1 fully saturated rings. The van der Waals surface area contributed by atoms with E-state index in [1.54, 1.807) is 0 Å². The van der Waals surface area contributed by atoms with Gasteiger partial charge in [0.15, 0.2) is 5.78 Å². The Labute approximate surface area is 329 Å². The normalized spacial score (nSPS) is 14.3. The Kier molecular flexibility index (Phi) is 15.5. The molecule has 3 aromatic carbocycles. The number of aliphatic hydroxyl groups excluding tert-OH is 1. The number of aryl methyl sites for hydroxylation is 2. The molecular formula is C48H66IrNO2-. The molecule has 0 saturated heterocycles. The minimum Gasteiger partial charge on any atom is -0.512 e. The number of aromatic nitrogens is 1. The molecule has 1 heterocycles. The second-order valence-corrected chi connectivity index (χ2v) is 17.9. The van der Waals surface area contributed by atoms with Crippen molar-refractivity contribution in [3.8, 4) is 11.3 Å². The molecule has 0 spiro atoms. The third-order valence-corrected chi connectivity index (χ3v) is 11.0. The molecule has 0 unspecified atom stereocenters. The first-order chi connectivity index (χ1) is 23.9. The van der Waals surface area contributed by atoms with Gasteiger partial charge in [-0.05, 0) is 78.0 Å². The maximum atomic E-state index is 12.3.